The molecule has 1 heterocycles. The van der Waals surface area contributed by atoms with E-state index in [-0.39, 0.29) is 24.0 Å². The zero-order valence-electron chi connectivity index (χ0n) is 12.0. The first-order chi connectivity index (χ1) is 9.06. The van der Waals surface area contributed by atoms with Crippen molar-refractivity contribution in [1.82, 2.24) is 4.90 Å². The van der Waals surface area contributed by atoms with Crippen molar-refractivity contribution in [3.05, 3.63) is 35.9 Å². The van der Waals surface area contributed by atoms with Gasteiger partial charge in [-0.1, -0.05) is 37.3 Å². The number of nitrogens with zero attached hydrogens (tertiary/aromatic N) is 1. The molecule has 0 bridgehead atoms. The Morgan fingerprint density at radius 3 is 2.42 bits per heavy atom. The van der Waals surface area contributed by atoms with Crippen LogP contribution in [-0.2, 0) is 16.0 Å². The predicted molar refractivity (Wildman–Crippen MR) is 75.9 cm³/mol. The van der Waals surface area contributed by atoms with E-state index in [0.717, 1.165) is 6.42 Å². The fourth-order valence-electron chi connectivity index (χ4n) is 2.72. The monoisotopic (exact) mass is 261 g/mol. The lowest BCUT2D eigenvalue weighted by molar-refractivity contribution is -0.146. The van der Waals surface area contributed by atoms with Crippen LogP contribution in [0.4, 0.5) is 0 Å². The Kier molecular flexibility index (Phi) is 4.59. The van der Waals surface area contributed by atoms with E-state index in [1.807, 2.05) is 43.9 Å². The maximum Gasteiger partial charge on any atom is 0.225 e. The van der Waals surface area contributed by atoms with Gasteiger partial charge < -0.3 is 9.64 Å². The molecule has 0 radical (unpaired) electrons. The minimum Gasteiger partial charge on any atom is -0.372 e. The van der Waals surface area contributed by atoms with Crippen LogP contribution in [0.1, 0.15) is 26.3 Å². The van der Waals surface area contributed by atoms with E-state index in [0.29, 0.717) is 13.1 Å². The van der Waals surface area contributed by atoms with Crippen LogP contribution in [0.3, 0.4) is 0 Å². The third-order valence-electron chi connectivity index (χ3n) is 3.54. The molecular formula is C16H23NO2. The van der Waals surface area contributed by atoms with Gasteiger partial charge in [0.2, 0.25) is 5.91 Å². The summed E-state index contributed by atoms with van der Waals surface area (Å²) in [4.78, 5) is 14.4. The first-order valence-corrected chi connectivity index (χ1v) is 7.04. The van der Waals surface area contributed by atoms with Crippen molar-refractivity contribution in [2.24, 2.45) is 5.92 Å². The van der Waals surface area contributed by atoms with Gasteiger partial charge in [-0.05, 0) is 25.8 Å². The number of rotatable bonds is 3. The van der Waals surface area contributed by atoms with E-state index < -0.39 is 0 Å². The SMILES string of the molecule is CC(Cc1ccccc1)C(=O)N1C[C@@H](C)O[C@H](C)C1. The molecule has 0 aromatic heterocycles. The summed E-state index contributed by atoms with van der Waals surface area (Å²) in [7, 11) is 0. The van der Waals surface area contributed by atoms with Crippen LogP contribution in [0.5, 0.6) is 0 Å². The molecule has 1 amide bonds. The Balaban J connectivity index is 1.95. The van der Waals surface area contributed by atoms with E-state index in [4.69, 9.17) is 4.74 Å². The van der Waals surface area contributed by atoms with Crippen LogP contribution in [0.15, 0.2) is 30.3 Å². The van der Waals surface area contributed by atoms with Crippen molar-refractivity contribution in [1.29, 1.82) is 0 Å². The maximum atomic E-state index is 12.5. The third kappa shape index (κ3) is 3.80. The lowest BCUT2D eigenvalue weighted by Crippen LogP contribution is -2.50. The minimum atomic E-state index is 0.0277. The van der Waals surface area contributed by atoms with Gasteiger partial charge in [-0.25, -0.2) is 0 Å². The first-order valence-electron chi connectivity index (χ1n) is 7.04. The summed E-state index contributed by atoms with van der Waals surface area (Å²) in [5.74, 6) is 0.269. The number of hydrogen-bond acceptors (Lipinski definition) is 2. The number of ether oxygens (including phenoxy) is 1. The van der Waals surface area contributed by atoms with Crippen LogP contribution >= 0.6 is 0 Å². The molecule has 1 saturated heterocycles. The number of hydrogen-bond donors (Lipinski definition) is 0. The molecule has 1 aliphatic rings. The van der Waals surface area contributed by atoms with Crippen LogP contribution in [-0.4, -0.2) is 36.1 Å². The van der Waals surface area contributed by atoms with Crippen molar-refractivity contribution in [3.8, 4) is 0 Å². The van der Waals surface area contributed by atoms with Crippen molar-refractivity contribution in [3.63, 3.8) is 0 Å². The van der Waals surface area contributed by atoms with Crippen molar-refractivity contribution >= 4 is 5.91 Å². The first kappa shape index (κ1) is 14.1. The second-order valence-corrected chi connectivity index (χ2v) is 5.59. The summed E-state index contributed by atoms with van der Waals surface area (Å²) in [6, 6.07) is 10.2. The lowest BCUT2D eigenvalue weighted by Gasteiger charge is -2.36. The Bertz CT molecular complexity index is 408. The minimum absolute atomic E-state index is 0.0277. The smallest absolute Gasteiger partial charge is 0.225 e. The van der Waals surface area contributed by atoms with Gasteiger partial charge in [0.05, 0.1) is 12.2 Å². The van der Waals surface area contributed by atoms with Gasteiger partial charge in [-0.3, -0.25) is 4.79 Å². The summed E-state index contributed by atoms with van der Waals surface area (Å²) in [6.07, 6.45) is 1.08. The molecule has 1 aromatic rings. The van der Waals surface area contributed by atoms with Crippen LogP contribution in [0.25, 0.3) is 0 Å². The molecule has 1 aliphatic heterocycles. The van der Waals surface area contributed by atoms with E-state index in [1.54, 1.807) is 0 Å². The molecular weight excluding hydrogens is 238 g/mol. The van der Waals surface area contributed by atoms with Gasteiger partial charge in [-0.15, -0.1) is 0 Å². The molecule has 2 rings (SSSR count). The number of carbonyl (C=O) groups excluding carboxylic acids is 1. The average Bonchev–Trinajstić information content (AvgIpc) is 2.37. The molecule has 1 fully saturated rings. The van der Waals surface area contributed by atoms with E-state index in [9.17, 15) is 4.79 Å². The van der Waals surface area contributed by atoms with Gasteiger partial charge in [-0.2, -0.15) is 0 Å². The largest absolute Gasteiger partial charge is 0.372 e. The highest BCUT2D eigenvalue weighted by molar-refractivity contribution is 5.79. The molecule has 1 aromatic carbocycles. The Hall–Kier alpha value is -1.35. The normalized spacial score (nSPS) is 25.1. The molecule has 0 N–H and O–H groups in total. The van der Waals surface area contributed by atoms with Crippen LogP contribution in [0, 0.1) is 5.92 Å². The standard InChI is InChI=1S/C16H23NO2/c1-12(9-15-7-5-4-6-8-15)16(18)17-10-13(2)19-14(3)11-17/h4-8,12-14H,9-11H2,1-3H3/t12?,13-,14-/m1/s1. The lowest BCUT2D eigenvalue weighted by atomic mass is 9.99. The van der Waals surface area contributed by atoms with Crippen LogP contribution in [0.2, 0.25) is 0 Å². The Morgan fingerprint density at radius 2 is 1.84 bits per heavy atom. The number of carbonyl (C=O) groups is 1. The predicted octanol–water partition coefficient (Wildman–Crippen LogP) is 2.50. The maximum absolute atomic E-state index is 12.5. The molecule has 3 atom stereocenters. The van der Waals surface area contributed by atoms with E-state index >= 15 is 0 Å². The zero-order valence-corrected chi connectivity index (χ0v) is 12.0. The summed E-state index contributed by atoms with van der Waals surface area (Å²) < 4.78 is 5.67. The highest BCUT2D eigenvalue weighted by Crippen LogP contribution is 2.16. The third-order valence-corrected chi connectivity index (χ3v) is 3.54. The van der Waals surface area contributed by atoms with Crippen LogP contribution < -0.4 is 0 Å². The number of amides is 1. The fourth-order valence-corrected chi connectivity index (χ4v) is 2.72. The zero-order chi connectivity index (χ0) is 13.8. The Morgan fingerprint density at radius 1 is 1.26 bits per heavy atom. The van der Waals surface area contributed by atoms with Crippen molar-refractivity contribution in [2.45, 2.75) is 39.4 Å². The van der Waals surface area contributed by atoms with Gasteiger partial charge in [0, 0.05) is 19.0 Å². The highest BCUT2D eigenvalue weighted by Gasteiger charge is 2.28. The molecule has 0 aliphatic carbocycles. The van der Waals surface area contributed by atoms with Gasteiger partial charge >= 0.3 is 0 Å². The second-order valence-electron chi connectivity index (χ2n) is 5.59. The average molecular weight is 261 g/mol. The second kappa shape index (κ2) is 6.20. The Labute approximate surface area is 115 Å². The molecule has 19 heavy (non-hydrogen) atoms. The van der Waals surface area contributed by atoms with Gasteiger partial charge in [0.15, 0.2) is 0 Å². The van der Waals surface area contributed by atoms with Crippen molar-refractivity contribution < 1.29 is 9.53 Å². The number of morpholine rings is 1. The highest BCUT2D eigenvalue weighted by atomic mass is 16.5. The topological polar surface area (TPSA) is 29.5 Å². The number of benzene rings is 1. The van der Waals surface area contributed by atoms with Gasteiger partial charge in [0.1, 0.15) is 0 Å². The molecule has 3 nitrogen and oxygen atoms in total. The summed E-state index contributed by atoms with van der Waals surface area (Å²) in [6.45, 7) is 7.49. The molecule has 1 unspecified atom stereocenters. The van der Waals surface area contributed by atoms with E-state index in [2.05, 4.69) is 12.1 Å². The molecule has 104 valence electrons. The summed E-state index contributed by atoms with van der Waals surface area (Å²) in [5, 5.41) is 0. The molecule has 3 heteroatoms. The summed E-state index contributed by atoms with van der Waals surface area (Å²) in [5.41, 5.74) is 1.22. The molecule has 0 spiro atoms. The van der Waals surface area contributed by atoms with Crippen molar-refractivity contribution in [2.75, 3.05) is 13.1 Å². The van der Waals surface area contributed by atoms with Gasteiger partial charge in [0.25, 0.3) is 0 Å². The summed E-state index contributed by atoms with van der Waals surface area (Å²) >= 11 is 0. The van der Waals surface area contributed by atoms with E-state index in [1.165, 1.54) is 5.56 Å². The fraction of sp³-hybridized carbons (Fsp3) is 0.562. The quantitative estimate of drug-likeness (QED) is 0.836. The molecule has 0 saturated carbocycles.